The molecular weight excluding hydrogens is 208 g/mol. The van der Waals surface area contributed by atoms with Crippen molar-refractivity contribution in [3.05, 3.63) is 0 Å². The first-order valence-corrected chi connectivity index (χ1v) is 5.76. The van der Waals surface area contributed by atoms with Crippen molar-refractivity contribution in [2.75, 3.05) is 6.54 Å². The molecule has 0 saturated carbocycles. The highest BCUT2D eigenvalue weighted by atomic mass is 16.4. The van der Waals surface area contributed by atoms with Crippen LogP contribution in [0.15, 0.2) is 0 Å². The minimum Gasteiger partial charge on any atom is -0.480 e. The molecule has 94 valence electrons. The summed E-state index contributed by atoms with van der Waals surface area (Å²) in [6.45, 7) is 6.19. The summed E-state index contributed by atoms with van der Waals surface area (Å²) >= 11 is 0. The first kappa shape index (κ1) is 14.7. The van der Waals surface area contributed by atoms with Crippen LogP contribution in [-0.4, -0.2) is 29.7 Å². The lowest BCUT2D eigenvalue weighted by Crippen LogP contribution is -2.48. The van der Waals surface area contributed by atoms with Crippen LogP contribution in [0.4, 0.5) is 4.79 Å². The van der Waals surface area contributed by atoms with E-state index in [-0.39, 0.29) is 5.92 Å². The zero-order valence-electron chi connectivity index (χ0n) is 10.2. The molecule has 5 heteroatoms. The van der Waals surface area contributed by atoms with Gasteiger partial charge in [-0.3, -0.25) is 0 Å². The van der Waals surface area contributed by atoms with Gasteiger partial charge in [-0.1, -0.05) is 33.6 Å². The highest BCUT2D eigenvalue weighted by Crippen LogP contribution is 2.01. The van der Waals surface area contributed by atoms with E-state index in [2.05, 4.69) is 17.6 Å². The zero-order valence-corrected chi connectivity index (χ0v) is 10.2. The van der Waals surface area contributed by atoms with E-state index in [1.54, 1.807) is 13.8 Å². The molecule has 0 aliphatic carbocycles. The Kier molecular flexibility index (Phi) is 7.33. The maximum Gasteiger partial charge on any atom is 0.326 e. The van der Waals surface area contributed by atoms with Gasteiger partial charge in [0.1, 0.15) is 6.04 Å². The van der Waals surface area contributed by atoms with Crippen LogP contribution in [0.1, 0.15) is 40.0 Å². The van der Waals surface area contributed by atoms with E-state index in [1.807, 2.05) is 0 Å². The number of hydrogen-bond acceptors (Lipinski definition) is 2. The molecule has 0 heterocycles. The lowest BCUT2D eigenvalue weighted by atomic mass is 10.1. The van der Waals surface area contributed by atoms with Crippen molar-refractivity contribution in [3.8, 4) is 0 Å². The van der Waals surface area contributed by atoms with E-state index in [4.69, 9.17) is 5.11 Å². The Morgan fingerprint density at radius 3 is 2.31 bits per heavy atom. The SMILES string of the molecule is CCCCCNC(=O)N[C@@H](C(=O)O)C(C)C. The lowest BCUT2D eigenvalue weighted by molar-refractivity contribution is -0.140. The van der Waals surface area contributed by atoms with Crippen LogP contribution in [0.5, 0.6) is 0 Å². The third-order valence-corrected chi connectivity index (χ3v) is 2.29. The second kappa shape index (κ2) is 7.96. The number of rotatable bonds is 7. The predicted octanol–water partition coefficient (Wildman–Crippen LogP) is 1.58. The Morgan fingerprint density at radius 2 is 1.88 bits per heavy atom. The second-order valence-electron chi connectivity index (χ2n) is 4.17. The number of amides is 2. The van der Waals surface area contributed by atoms with Crippen LogP contribution in [0.3, 0.4) is 0 Å². The lowest BCUT2D eigenvalue weighted by Gasteiger charge is -2.18. The smallest absolute Gasteiger partial charge is 0.326 e. The van der Waals surface area contributed by atoms with Crippen LogP contribution < -0.4 is 10.6 Å². The molecule has 0 fully saturated rings. The van der Waals surface area contributed by atoms with Crippen molar-refractivity contribution < 1.29 is 14.7 Å². The molecule has 0 aromatic rings. The Hall–Kier alpha value is -1.26. The minimum atomic E-state index is -1.00. The Balaban J connectivity index is 3.87. The van der Waals surface area contributed by atoms with E-state index in [0.717, 1.165) is 19.3 Å². The van der Waals surface area contributed by atoms with Crippen molar-refractivity contribution >= 4 is 12.0 Å². The van der Waals surface area contributed by atoms with E-state index in [0.29, 0.717) is 6.54 Å². The number of urea groups is 1. The summed E-state index contributed by atoms with van der Waals surface area (Å²) in [7, 11) is 0. The number of hydrogen-bond donors (Lipinski definition) is 3. The largest absolute Gasteiger partial charge is 0.480 e. The van der Waals surface area contributed by atoms with Crippen LogP contribution in [0, 0.1) is 5.92 Å². The van der Waals surface area contributed by atoms with Crippen LogP contribution in [0.2, 0.25) is 0 Å². The molecule has 0 rings (SSSR count). The van der Waals surface area contributed by atoms with Gasteiger partial charge >= 0.3 is 12.0 Å². The molecular formula is C11H22N2O3. The highest BCUT2D eigenvalue weighted by Gasteiger charge is 2.22. The average Bonchev–Trinajstić information content (AvgIpc) is 2.20. The summed E-state index contributed by atoms with van der Waals surface area (Å²) in [5, 5.41) is 13.9. The normalized spacial score (nSPS) is 12.2. The highest BCUT2D eigenvalue weighted by molar-refractivity contribution is 5.82. The molecule has 3 N–H and O–H groups in total. The summed E-state index contributed by atoms with van der Waals surface area (Å²) < 4.78 is 0. The van der Waals surface area contributed by atoms with Crippen molar-refractivity contribution in [3.63, 3.8) is 0 Å². The van der Waals surface area contributed by atoms with Crippen molar-refractivity contribution in [1.29, 1.82) is 0 Å². The molecule has 0 saturated heterocycles. The second-order valence-corrected chi connectivity index (χ2v) is 4.17. The third-order valence-electron chi connectivity index (χ3n) is 2.29. The van der Waals surface area contributed by atoms with E-state index >= 15 is 0 Å². The molecule has 0 aromatic carbocycles. The van der Waals surface area contributed by atoms with Crippen LogP contribution in [-0.2, 0) is 4.79 Å². The fourth-order valence-corrected chi connectivity index (χ4v) is 1.28. The fraction of sp³-hybridized carbons (Fsp3) is 0.818. The van der Waals surface area contributed by atoms with Gasteiger partial charge in [-0.25, -0.2) is 9.59 Å². The number of aliphatic carboxylic acids is 1. The van der Waals surface area contributed by atoms with E-state index < -0.39 is 18.0 Å². The molecule has 0 unspecified atom stereocenters. The standard InChI is InChI=1S/C11H22N2O3/c1-4-5-6-7-12-11(16)13-9(8(2)3)10(14)15/h8-9H,4-7H2,1-3H3,(H,14,15)(H2,12,13,16)/t9-/m1/s1. The molecule has 0 aliphatic rings. The van der Waals surface area contributed by atoms with Gasteiger partial charge in [-0.2, -0.15) is 0 Å². The Labute approximate surface area is 96.6 Å². The van der Waals surface area contributed by atoms with Gasteiger partial charge in [0, 0.05) is 6.54 Å². The third kappa shape index (κ3) is 6.27. The van der Waals surface area contributed by atoms with Crippen molar-refractivity contribution in [2.45, 2.75) is 46.1 Å². The van der Waals surface area contributed by atoms with Crippen molar-refractivity contribution in [2.24, 2.45) is 5.92 Å². The average molecular weight is 230 g/mol. The summed E-state index contributed by atoms with van der Waals surface area (Å²) in [5.41, 5.74) is 0. The molecule has 16 heavy (non-hydrogen) atoms. The van der Waals surface area contributed by atoms with Gasteiger partial charge < -0.3 is 15.7 Å². The summed E-state index contributed by atoms with van der Waals surface area (Å²) in [6, 6.07) is -1.23. The molecule has 5 nitrogen and oxygen atoms in total. The van der Waals surface area contributed by atoms with E-state index in [1.165, 1.54) is 0 Å². The van der Waals surface area contributed by atoms with Gasteiger partial charge in [-0.15, -0.1) is 0 Å². The number of unbranched alkanes of at least 4 members (excludes halogenated alkanes) is 2. The molecule has 1 atom stereocenters. The first-order valence-electron chi connectivity index (χ1n) is 5.76. The van der Waals surface area contributed by atoms with Crippen LogP contribution >= 0.6 is 0 Å². The maximum absolute atomic E-state index is 11.3. The fourth-order valence-electron chi connectivity index (χ4n) is 1.28. The molecule has 0 radical (unpaired) electrons. The molecule has 2 amide bonds. The minimum absolute atomic E-state index is 0.126. The van der Waals surface area contributed by atoms with Gasteiger partial charge in [0.15, 0.2) is 0 Å². The maximum atomic E-state index is 11.3. The molecule has 0 spiro atoms. The number of carbonyl (C=O) groups excluding carboxylic acids is 1. The monoisotopic (exact) mass is 230 g/mol. The number of carbonyl (C=O) groups is 2. The molecule has 0 bridgehead atoms. The zero-order chi connectivity index (χ0) is 12.6. The Bertz CT molecular complexity index is 229. The van der Waals surface area contributed by atoms with Crippen molar-refractivity contribution in [1.82, 2.24) is 10.6 Å². The van der Waals surface area contributed by atoms with Crippen LogP contribution in [0.25, 0.3) is 0 Å². The summed E-state index contributed by atoms with van der Waals surface area (Å²) in [6.07, 6.45) is 3.07. The van der Waals surface area contributed by atoms with E-state index in [9.17, 15) is 9.59 Å². The number of nitrogens with one attached hydrogen (secondary N) is 2. The number of carboxylic acid groups (broad SMARTS) is 1. The van der Waals surface area contributed by atoms with Gasteiger partial charge in [0.2, 0.25) is 0 Å². The summed E-state index contributed by atoms with van der Waals surface area (Å²) in [4.78, 5) is 22.2. The predicted molar refractivity (Wildman–Crippen MR) is 62.3 cm³/mol. The van der Waals surface area contributed by atoms with Gasteiger partial charge in [0.25, 0.3) is 0 Å². The Morgan fingerprint density at radius 1 is 1.25 bits per heavy atom. The number of carboxylic acids is 1. The van der Waals surface area contributed by atoms with Gasteiger partial charge in [0.05, 0.1) is 0 Å². The topological polar surface area (TPSA) is 78.4 Å². The molecule has 0 aliphatic heterocycles. The first-order chi connectivity index (χ1) is 7.49. The summed E-state index contributed by atoms with van der Waals surface area (Å²) in [5.74, 6) is -1.13. The quantitative estimate of drug-likeness (QED) is 0.581. The molecule has 0 aromatic heterocycles. The van der Waals surface area contributed by atoms with Gasteiger partial charge in [-0.05, 0) is 12.3 Å².